The maximum atomic E-state index is 12.9. The van der Waals surface area contributed by atoms with E-state index >= 15 is 0 Å². The number of likely N-dealkylation sites (tertiary alicyclic amines) is 1. The van der Waals surface area contributed by atoms with E-state index in [1.807, 2.05) is 24.3 Å². The lowest BCUT2D eigenvalue weighted by atomic mass is 10.0. The summed E-state index contributed by atoms with van der Waals surface area (Å²) < 4.78 is 5.25. The molecule has 1 aromatic carbocycles. The van der Waals surface area contributed by atoms with Gasteiger partial charge in [-0.25, -0.2) is 0 Å². The third-order valence-corrected chi connectivity index (χ3v) is 4.36. The number of rotatable bonds is 3. The Balaban J connectivity index is 1.95. The molecule has 0 spiro atoms. The number of aliphatic hydroxyl groups is 1. The molecule has 6 nitrogen and oxygen atoms in total. The first-order valence-electron chi connectivity index (χ1n) is 7.82. The normalized spacial score (nSPS) is 20.2. The van der Waals surface area contributed by atoms with Crippen LogP contribution in [0.1, 0.15) is 34.1 Å². The monoisotopic (exact) mass is 328 g/mol. The lowest BCUT2D eigenvalue weighted by Gasteiger charge is -2.25. The highest BCUT2D eigenvalue weighted by atomic mass is 16.5. The largest absolute Gasteiger partial charge is 0.497 e. The molecule has 0 aliphatic carbocycles. The first kappa shape index (κ1) is 16.3. The van der Waals surface area contributed by atoms with Crippen molar-refractivity contribution in [2.45, 2.75) is 25.5 Å². The van der Waals surface area contributed by atoms with Crippen LogP contribution in [0.15, 0.2) is 41.2 Å². The first-order valence-corrected chi connectivity index (χ1v) is 7.82. The van der Waals surface area contributed by atoms with Gasteiger partial charge in [0.15, 0.2) is 0 Å². The number of aromatic nitrogens is 1. The van der Waals surface area contributed by atoms with Crippen LogP contribution in [0.3, 0.4) is 0 Å². The van der Waals surface area contributed by atoms with Gasteiger partial charge in [0.05, 0.1) is 24.8 Å². The number of methoxy groups -OCH3 is 1. The molecule has 2 heterocycles. The molecule has 0 saturated carbocycles. The summed E-state index contributed by atoms with van der Waals surface area (Å²) in [6, 6.07) is 10.2. The molecular formula is C18H20N2O4. The summed E-state index contributed by atoms with van der Waals surface area (Å²) in [6.45, 7) is 1.96. The van der Waals surface area contributed by atoms with Gasteiger partial charge in [-0.3, -0.25) is 9.59 Å². The molecule has 1 amide bonds. The summed E-state index contributed by atoms with van der Waals surface area (Å²) in [7, 11) is 1.59. The smallest absolute Gasteiger partial charge is 0.256 e. The maximum absolute atomic E-state index is 12.9. The molecule has 3 rings (SSSR count). The van der Waals surface area contributed by atoms with E-state index < -0.39 is 6.10 Å². The molecule has 1 fully saturated rings. The number of H-pyrrole nitrogens is 1. The zero-order valence-electron chi connectivity index (χ0n) is 13.7. The van der Waals surface area contributed by atoms with Crippen molar-refractivity contribution in [1.82, 2.24) is 9.88 Å². The van der Waals surface area contributed by atoms with Crippen molar-refractivity contribution in [2.75, 3.05) is 13.7 Å². The Morgan fingerprint density at radius 2 is 2.12 bits per heavy atom. The molecule has 0 radical (unpaired) electrons. The van der Waals surface area contributed by atoms with Crippen molar-refractivity contribution in [2.24, 2.45) is 0 Å². The summed E-state index contributed by atoms with van der Waals surface area (Å²) in [4.78, 5) is 28.6. The highest BCUT2D eigenvalue weighted by Crippen LogP contribution is 2.34. The Kier molecular flexibility index (Phi) is 4.40. The van der Waals surface area contributed by atoms with E-state index in [1.54, 1.807) is 18.9 Å². The number of carbonyl (C=O) groups is 1. The van der Waals surface area contributed by atoms with Crippen LogP contribution in [0.25, 0.3) is 0 Å². The van der Waals surface area contributed by atoms with Crippen molar-refractivity contribution >= 4 is 5.91 Å². The zero-order valence-corrected chi connectivity index (χ0v) is 13.7. The number of nitrogens with one attached hydrogen (secondary N) is 1. The Morgan fingerprint density at radius 3 is 2.83 bits per heavy atom. The van der Waals surface area contributed by atoms with Crippen LogP contribution in [0.2, 0.25) is 0 Å². The molecule has 1 aromatic heterocycles. The van der Waals surface area contributed by atoms with E-state index in [-0.39, 0.29) is 24.1 Å². The van der Waals surface area contributed by atoms with E-state index in [0.717, 1.165) is 5.56 Å². The van der Waals surface area contributed by atoms with Crippen LogP contribution in [0, 0.1) is 6.92 Å². The topological polar surface area (TPSA) is 82.6 Å². The first-order chi connectivity index (χ1) is 11.5. The minimum Gasteiger partial charge on any atom is -0.497 e. The van der Waals surface area contributed by atoms with E-state index in [1.165, 1.54) is 12.1 Å². The number of hydrogen-bond donors (Lipinski definition) is 2. The van der Waals surface area contributed by atoms with Gasteiger partial charge in [0.2, 0.25) is 5.56 Å². The number of nitrogens with zero attached hydrogens (tertiary/aromatic N) is 1. The molecule has 2 N–H and O–H groups in total. The van der Waals surface area contributed by atoms with Crippen LogP contribution in [-0.4, -0.2) is 40.7 Å². The number of carbonyl (C=O) groups excluding carboxylic acids is 1. The average molecular weight is 328 g/mol. The Labute approximate surface area is 139 Å². The second kappa shape index (κ2) is 6.49. The molecule has 0 unspecified atom stereocenters. The highest BCUT2D eigenvalue weighted by Gasteiger charge is 2.36. The van der Waals surface area contributed by atoms with Crippen molar-refractivity contribution in [1.29, 1.82) is 0 Å². The van der Waals surface area contributed by atoms with Gasteiger partial charge in [-0.05, 0) is 37.1 Å². The number of aromatic amines is 1. The Morgan fingerprint density at radius 1 is 1.33 bits per heavy atom. The van der Waals surface area contributed by atoms with Gasteiger partial charge in [-0.2, -0.15) is 0 Å². The number of aliphatic hydroxyl groups excluding tert-OH is 1. The highest BCUT2D eigenvalue weighted by molar-refractivity contribution is 5.95. The molecule has 1 aliphatic rings. The lowest BCUT2D eigenvalue weighted by molar-refractivity contribution is 0.0714. The number of ether oxygens (including phenoxy) is 1. The molecule has 6 heteroatoms. The van der Waals surface area contributed by atoms with Gasteiger partial charge < -0.3 is 19.7 Å². The number of aryl methyl sites for hydroxylation is 1. The predicted octanol–water partition coefficient (Wildman–Crippen LogP) is 1.64. The van der Waals surface area contributed by atoms with Gasteiger partial charge in [0.1, 0.15) is 5.75 Å². The second-order valence-electron chi connectivity index (χ2n) is 6.00. The second-order valence-corrected chi connectivity index (χ2v) is 6.00. The SMILES string of the molecule is COc1cccc([C@H]2C[C@@H](O)CN2C(=O)c2ccc(=O)[nH]c2C)c1. The van der Waals surface area contributed by atoms with Crippen molar-refractivity contribution in [3.63, 3.8) is 0 Å². The number of amides is 1. The van der Waals surface area contributed by atoms with Gasteiger partial charge in [-0.15, -0.1) is 0 Å². The summed E-state index contributed by atoms with van der Waals surface area (Å²) in [6.07, 6.45) is -0.102. The fourth-order valence-corrected chi connectivity index (χ4v) is 3.17. The van der Waals surface area contributed by atoms with Crippen molar-refractivity contribution in [3.05, 3.63) is 63.6 Å². The summed E-state index contributed by atoms with van der Waals surface area (Å²) in [5, 5.41) is 10.1. The van der Waals surface area contributed by atoms with Crippen molar-refractivity contribution in [3.8, 4) is 5.75 Å². The van der Waals surface area contributed by atoms with E-state index in [0.29, 0.717) is 23.4 Å². The summed E-state index contributed by atoms with van der Waals surface area (Å²) >= 11 is 0. The Bertz CT molecular complexity index is 815. The molecule has 1 saturated heterocycles. The van der Waals surface area contributed by atoms with Crippen LogP contribution in [0.4, 0.5) is 0 Å². The van der Waals surface area contributed by atoms with Crippen molar-refractivity contribution < 1.29 is 14.6 Å². The summed E-state index contributed by atoms with van der Waals surface area (Å²) in [5.41, 5.74) is 1.64. The predicted molar refractivity (Wildman–Crippen MR) is 89.2 cm³/mol. The fraction of sp³-hybridized carbons (Fsp3) is 0.333. The third kappa shape index (κ3) is 3.05. The molecular weight excluding hydrogens is 308 g/mol. The lowest BCUT2D eigenvalue weighted by Crippen LogP contribution is -2.33. The van der Waals surface area contributed by atoms with E-state index in [2.05, 4.69) is 4.98 Å². The summed E-state index contributed by atoms with van der Waals surface area (Å²) in [5.74, 6) is 0.509. The van der Waals surface area contributed by atoms with Gasteiger partial charge in [0, 0.05) is 18.3 Å². The van der Waals surface area contributed by atoms with Gasteiger partial charge >= 0.3 is 0 Å². The van der Waals surface area contributed by atoms with E-state index in [4.69, 9.17) is 4.74 Å². The number of pyridine rings is 1. The van der Waals surface area contributed by atoms with Crippen LogP contribution < -0.4 is 10.3 Å². The maximum Gasteiger partial charge on any atom is 0.256 e. The molecule has 126 valence electrons. The Hall–Kier alpha value is -2.60. The van der Waals surface area contributed by atoms with Crippen LogP contribution in [-0.2, 0) is 0 Å². The van der Waals surface area contributed by atoms with Gasteiger partial charge in [-0.1, -0.05) is 12.1 Å². The third-order valence-electron chi connectivity index (χ3n) is 4.36. The number of hydrogen-bond acceptors (Lipinski definition) is 4. The standard InChI is InChI=1S/C18H20N2O4/c1-11-15(6-7-17(22)19-11)18(23)20-10-13(21)9-16(20)12-4-3-5-14(8-12)24-2/h3-8,13,16,21H,9-10H2,1-2H3,(H,19,22)/t13-,16-/m1/s1. The minimum absolute atomic E-state index is 0.201. The molecule has 0 bridgehead atoms. The molecule has 1 aliphatic heterocycles. The number of benzene rings is 1. The van der Waals surface area contributed by atoms with E-state index in [9.17, 15) is 14.7 Å². The molecule has 24 heavy (non-hydrogen) atoms. The van der Waals surface area contributed by atoms with Crippen LogP contribution in [0.5, 0.6) is 5.75 Å². The quantitative estimate of drug-likeness (QED) is 0.897. The average Bonchev–Trinajstić information content (AvgIpc) is 2.96. The minimum atomic E-state index is -0.576. The molecule has 2 atom stereocenters. The van der Waals surface area contributed by atoms with Gasteiger partial charge in [0.25, 0.3) is 5.91 Å². The fourth-order valence-electron chi connectivity index (χ4n) is 3.17. The zero-order chi connectivity index (χ0) is 17.3. The molecule has 2 aromatic rings. The number of β-amino-alcohol motifs (C(OH)–C–C–N with tert-alkyl or cyclic N) is 1. The van der Waals surface area contributed by atoms with Crippen LogP contribution >= 0.6 is 0 Å².